The van der Waals surface area contributed by atoms with Crippen LogP contribution in [0.3, 0.4) is 0 Å². The largest absolute Gasteiger partial charge is 0.476 e. The van der Waals surface area contributed by atoms with Gasteiger partial charge in [-0.25, -0.2) is 19.3 Å². The van der Waals surface area contributed by atoms with Crippen LogP contribution in [0.15, 0.2) is 30.7 Å². The Morgan fingerprint density at radius 1 is 1.10 bits per heavy atom. The van der Waals surface area contributed by atoms with Crippen molar-refractivity contribution in [3.8, 4) is 5.88 Å². The fourth-order valence-corrected chi connectivity index (χ4v) is 3.43. The summed E-state index contributed by atoms with van der Waals surface area (Å²) in [5.74, 6) is -0.675. The number of thiazole rings is 1. The van der Waals surface area contributed by atoms with Crippen LogP contribution in [0, 0.1) is 25.6 Å². The Morgan fingerprint density at radius 3 is 2.55 bits per heavy atom. The molecule has 8 nitrogen and oxygen atoms in total. The van der Waals surface area contributed by atoms with Gasteiger partial charge in [-0.3, -0.25) is 9.59 Å². The molecule has 0 atom stereocenters. The average Bonchev–Trinajstić information content (AvgIpc) is 3.47. The van der Waals surface area contributed by atoms with Crippen LogP contribution in [0.4, 0.5) is 15.9 Å². The summed E-state index contributed by atoms with van der Waals surface area (Å²) >= 11 is 1.24. The zero-order chi connectivity index (χ0) is 22.0. The summed E-state index contributed by atoms with van der Waals surface area (Å²) in [6.45, 7) is 4.04. The zero-order valence-corrected chi connectivity index (χ0v) is 17.8. The molecule has 0 radical (unpaired) electrons. The van der Waals surface area contributed by atoms with Gasteiger partial charge < -0.3 is 15.4 Å². The topological polar surface area (TPSA) is 106 Å². The SMILES string of the molecule is Cc1ncc(C(=O)Nc2cc(C(=O)Nc3cnc(OCC4CC4)cn3)c(F)cc2C)s1. The number of amides is 2. The van der Waals surface area contributed by atoms with Gasteiger partial charge in [-0.2, -0.15) is 0 Å². The lowest BCUT2D eigenvalue weighted by Gasteiger charge is -2.11. The van der Waals surface area contributed by atoms with Crippen LogP contribution >= 0.6 is 11.3 Å². The van der Waals surface area contributed by atoms with E-state index in [4.69, 9.17) is 4.74 Å². The zero-order valence-electron chi connectivity index (χ0n) is 16.9. The second kappa shape index (κ2) is 8.76. The first-order valence-electron chi connectivity index (χ1n) is 9.69. The van der Waals surface area contributed by atoms with Crippen molar-refractivity contribution in [1.82, 2.24) is 15.0 Å². The third-order valence-corrected chi connectivity index (χ3v) is 5.60. The molecule has 0 aliphatic heterocycles. The molecule has 4 rings (SSSR count). The number of carbonyl (C=O) groups is 2. The number of carbonyl (C=O) groups excluding carboxylic acids is 2. The molecule has 0 saturated heterocycles. The maximum Gasteiger partial charge on any atom is 0.267 e. The number of nitrogens with zero attached hydrogens (tertiary/aromatic N) is 3. The summed E-state index contributed by atoms with van der Waals surface area (Å²) in [7, 11) is 0. The van der Waals surface area contributed by atoms with Crippen LogP contribution in [-0.2, 0) is 0 Å². The molecule has 1 aromatic carbocycles. The standard InChI is InChI=1S/C21H20FN5O3S/c1-11-5-15(22)14(6-16(11)26-21(29)17-7-23-12(2)31-17)20(28)27-18-8-25-19(9-24-18)30-10-13-3-4-13/h5-9,13H,3-4,10H2,1-2H3,(H,26,29)(H,24,27,28). The van der Waals surface area contributed by atoms with Crippen LogP contribution in [0.25, 0.3) is 0 Å². The molecule has 0 spiro atoms. The molecule has 2 amide bonds. The quantitative estimate of drug-likeness (QED) is 0.574. The van der Waals surface area contributed by atoms with E-state index in [2.05, 4.69) is 25.6 Å². The maximum atomic E-state index is 14.5. The number of halogens is 1. The first-order valence-corrected chi connectivity index (χ1v) is 10.5. The minimum absolute atomic E-state index is 0.162. The number of aromatic nitrogens is 3. The smallest absolute Gasteiger partial charge is 0.267 e. The third kappa shape index (κ3) is 5.21. The van der Waals surface area contributed by atoms with E-state index in [9.17, 15) is 14.0 Å². The van der Waals surface area contributed by atoms with Crippen molar-refractivity contribution in [2.24, 2.45) is 5.92 Å². The molecular weight excluding hydrogens is 421 g/mol. The van der Waals surface area contributed by atoms with Crippen molar-refractivity contribution >= 4 is 34.7 Å². The van der Waals surface area contributed by atoms with Crippen LogP contribution in [0.2, 0.25) is 0 Å². The lowest BCUT2D eigenvalue weighted by atomic mass is 10.1. The molecule has 2 aromatic heterocycles. The van der Waals surface area contributed by atoms with Gasteiger partial charge in [0.2, 0.25) is 5.88 Å². The van der Waals surface area contributed by atoms with Gasteiger partial charge in [-0.05, 0) is 50.3 Å². The normalized spacial score (nSPS) is 13.0. The van der Waals surface area contributed by atoms with Gasteiger partial charge in [0.1, 0.15) is 10.7 Å². The Labute approximate surface area is 181 Å². The molecule has 1 aliphatic carbocycles. The van der Waals surface area contributed by atoms with E-state index in [0.717, 1.165) is 17.8 Å². The van der Waals surface area contributed by atoms with Crippen LogP contribution in [0.5, 0.6) is 5.88 Å². The highest BCUT2D eigenvalue weighted by Gasteiger charge is 2.22. The van der Waals surface area contributed by atoms with Crippen molar-refractivity contribution in [1.29, 1.82) is 0 Å². The minimum atomic E-state index is -0.709. The molecule has 1 fully saturated rings. The molecular formula is C21H20FN5O3S. The van der Waals surface area contributed by atoms with Crippen molar-refractivity contribution in [3.63, 3.8) is 0 Å². The lowest BCUT2D eigenvalue weighted by molar-refractivity contribution is 0.101. The number of hydrogen-bond donors (Lipinski definition) is 2. The van der Waals surface area contributed by atoms with E-state index in [0.29, 0.717) is 34.5 Å². The van der Waals surface area contributed by atoms with E-state index in [1.54, 1.807) is 13.8 Å². The molecule has 0 bridgehead atoms. The van der Waals surface area contributed by atoms with Gasteiger partial charge in [0.05, 0.1) is 35.8 Å². The van der Waals surface area contributed by atoms with Crippen molar-refractivity contribution in [2.75, 3.05) is 17.2 Å². The number of ether oxygens (including phenoxy) is 1. The van der Waals surface area contributed by atoms with Gasteiger partial charge in [-0.1, -0.05) is 0 Å². The van der Waals surface area contributed by atoms with Gasteiger partial charge in [0.15, 0.2) is 5.82 Å². The van der Waals surface area contributed by atoms with E-state index in [1.807, 2.05) is 0 Å². The molecule has 1 aliphatic rings. The monoisotopic (exact) mass is 441 g/mol. The predicted molar refractivity (Wildman–Crippen MR) is 114 cm³/mol. The summed E-state index contributed by atoms with van der Waals surface area (Å²) in [5, 5.41) is 5.97. The molecule has 31 heavy (non-hydrogen) atoms. The second-order valence-corrected chi connectivity index (χ2v) is 8.53. The minimum Gasteiger partial charge on any atom is -0.476 e. The fraction of sp³-hybridized carbons (Fsp3) is 0.286. The molecule has 2 heterocycles. The molecule has 10 heteroatoms. The van der Waals surface area contributed by atoms with E-state index in [1.165, 1.54) is 42.1 Å². The maximum absolute atomic E-state index is 14.5. The van der Waals surface area contributed by atoms with Crippen molar-refractivity contribution in [3.05, 3.63) is 57.6 Å². The predicted octanol–water partition coefficient (Wildman–Crippen LogP) is 3.98. The second-order valence-electron chi connectivity index (χ2n) is 7.29. The molecule has 3 aromatic rings. The summed E-state index contributed by atoms with van der Waals surface area (Å²) in [6.07, 6.45) is 6.55. The highest BCUT2D eigenvalue weighted by molar-refractivity contribution is 7.13. The van der Waals surface area contributed by atoms with Gasteiger partial charge in [0.25, 0.3) is 11.8 Å². The third-order valence-electron chi connectivity index (χ3n) is 4.69. The van der Waals surface area contributed by atoms with Crippen LogP contribution in [-0.4, -0.2) is 33.4 Å². The van der Waals surface area contributed by atoms with E-state index >= 15 is 0 Å². The molecule has 1 saturated carbocycles. The fourth-order valence-electron chi connectivity index (χ4n) is 2.76. The van der Waals surface area contributed by atoms with Crippen molar-refractivity contribution < 1.29 is 18.7 Å². The summed E-state index contributed by atoms with van der Waals surface area (Å²) in [4.78, 5) is 37.7. The van der Waals surface area contributed by atoms with Crippen LogP contribution < -0.4 is 15.4 Å². The Kier molecular flexibility index (Phi) is 5.90. The number of hydrogen-bond acceptors (Lipinski definition) is 7. The summed E-state index contributed by atoms with van der Waals surface area (Å²) < 4.78 is 20.0. The summed E-state index contributed by atoms with van der Waals surface area (Å²) in [6, 6.07) is 2.50. The number of nitrogens with one attached hydrogen (secondary N) is 2. The highest BCUT2D eigenvalue weighted by atomic mass is 32.1. The Morgan fingerprint density at radius 2 is 1.90 bits per heavy atom. The van der Waals surface area contributed by atoms with E-state index in [-0.39, 0.29) is 17.3 Å². The number of aryl methyl sites for hydroxylation is 2. The van der Waals surface area contributed by atoms with Crippen molar-refractivity contribution in [2.45, 2.75) is 26.7 Å². The first kappa shape index (κ1) is 20.9. The van der Waals surface area contributed by atoms with E-state index < -0.39 is 11.7 Å². The van der Waals surface area contributed by atoms with Crippen LogP contribution in [0.1, 0.15) is 43.4 Å². The van der Waals surface area contributed by atoms with Gasteiger partial charge >= 0.3 is 0 Å². The number of benzene rings is 1. The highest BCUT2D eigenvalue weighted by Crippen LogP contribution is 2.29. The van der Waals surface area contributed by atoms with Gasteiger partial charge in [0, 0.05) is 5.69 Å². The Hall–Kier alpha value is -3.40. The molecule has 160 valence electrons. The molecule has 2 N–H and O–H groups in total. The first-order chi connectivity index (χ1) is 14.9. The number of rotatable bonds is 7. The molecule has 0 unspecified atom stereocenters. The van der Waals surface area contributed by atoms with Gasteiger partial charge in [-0.15, -0.1) is 11.3 Å². The lowest BCUT2D eigenvalue weighted by Crippen LogP contribution is -2.17. The number of anilines is 2. The average molecular weight is 441 g/mol. The Bertz CT molecular complexity index is 1130. The Balaban J connectivity index is 1.45. The summed E-state index contributed by atoms with van der Waals surface area (Å²) in [5.41, 5.74) is 0.593.